The lowest BCUT2D eigenvalue weighted by Crippen LogP contribution is -2.45. The van der Waals surface area contributed by atoms with E-state index in [2.05, 4.69) is 39.6 Å². The number of aryl methyl sites for hydroxylation is 1. The molecule has 0 saturated carbocycles. The van der Waals surface area contributed by atoms with Gasteiger partial charge in [-0.05, 0) is 13.0 Å². The van der Waals surface area contributed by atoms with Crippen LogP contribution in [0.1, 0.15) is 22.3 Å². The Bertz CT molecular complexity index is 599. The summed E-state index contributed by atoms with van der Waals surface area (Å²) in [6.07, 6.45) is 0. The predicted octanol–water partition coefficient (Wildman–Crippen LogP) is 2.61. The van der Waals surface area contributed by atoms with Gasteiger partial charge in [-0.1, -0.05) is 18.2 Å². The zero-order valence-electron chi connectivity index (χ0n) is 12.5. The molecule has 5 heteroatoms. The van der Waals surface area contributed by atoms with Crippen molar-refractivity contribution in [3.05, 3.63) is 45.9 Å². The topological polar surface area (TPSA) is 37.4 Å². The number of thiazole rings is 1. The molecule has 112 valence electrons. The van der Waals surface area contributed by atoms with E-state index in [1.807, 2.05) is 12.1 Å². The van der Waals surface area contributed by atoms with Crippen LogP contribution in [0.25, 0.3) is 0 Å². The maximum Gasteiger partial charge on any atom is 0.123 e. The summed E-state index contributed by atoms with van der Waals surface area (Å²) in [6, 6.07) is 8.63. The number of rotatable bonds is 4. The number of methoxy groups -OCH3 is 1. The van der Waals surface area contributed by atoms with Gasteiger partial charge in [-0.2, -0.15) is 0 Å². The van der Waals surface area contributed by atoms with Gasteiger partial charge in [0.2, 0.25) is 0 Å². The molecule has 0 amide bonds. The van der Waals surface area contributed by atoms with Crippen molar-refractivity contribution in [1.82, 2.24) is 15.2 Å². The highest BCUT2D eigenvalue weighted by Crippen LogP contribution is 2.31. The molecule has 3 rings (SSSR count). The monoisotopic (exact) mass is 303 g/mol. The van der Waals surface area contributed by atoms with Crippen LogP contribution in [0.2, 0.25) is 0 Å². The molecule has 1 atom stereocenters. The van der Waals surface area contributed by atoms with Crippen molar-refractivity contribution in [1.29, 1.82) is 0 Å². The highest BCUT2D eigenvalue weighted by atomic mass is 32.1. The first-order valence-electron chi connectivity index (χ1n) is 7.26. The molecule has 0 unspecified atom stereocenters. The van der Waals surface area contributed by atoms with E-state index in [0.29, 0.717) is 6.04 Å². The Morgan fingerprint density at radius 2 is 2.29 bits per heavy atom. The van der Waals surface area contributed by atoms with E-state index in [-0.39, 0.29) is 0 Å². The zero-order chi connectivity index (χ0) is 14.7. The van der Waals surface area contributed by atoms with Crippen molar-refractivity contribution in [3.63, 3.8) is 0 Å². The molecule has 1 aliphatic heterocycles. The Hall–Kier alpha value is -1.43. The van der Waals surface area contributed by atoms with Crippen LogP contribution in [0.15, 0.2) is 29.6 Å². The van der Waals surface area contributed by atoms with E-state index in [4.69, 9.17) is 4.74 Å². The van der Waals surface area contributed by atoms with E-state index in [1.165, 1.54) is 11.3 Å². The first-order chi connectivity index (χ1) is 10.3. The second-order valence-corrected chi connectivity index (χ2v) is 6.35. The van der Waals surface area contributed by atoms with Gasteiger partial charge in [-0.15, -0.1) is 11.3 Å². The molecule has 0 spiro atoms. The van der Waals surface area contributed by atoms with Crippen molar-refractivity contribution >= 4 is 11.3 Å². The van der Waals surface area contributed by atoms with Crippen LogP contribution in [0, 0.1) is 6.92 Å². The third-order valence-corrected chi connectivity index (χ3v) is 4.71. The molecule has 1 aliphatic rings. The number of nitrogens with zero attached hydrogens (tertiary/aromatic N) is 2. The second kappa shape index (κ2) is 6.56. The number of ether oxygens (including phenoxy) is 1. The van der Waals surface area contributed by atoms with Gasteiger partial charge in [0, 0.05) is 37.1 Å². The number of aromatic nitrogens is 1. The summed E-state index contributed by atoms with van der Waals surface area (Å²) in [6.45, 7) is 5.95. The average molecular weight is 303 g/mol. The van der Waals surface area contributed by atoms with Gasteiger partial charge < -0.3 is 10.1 Å². The van der Waals surface area contributed by atoms with E-state index in [0.717, 1.165) is 36.9 Å². The Morgan fingerprint density at radius 1 is 1.43 bits per heavy atom. The minimum absolute atomic E-state index is 0.330. The summed E-state index contributed by atoms with van der Waals surface area (Å²) < 4.78 is 5.53. The lowest BCUT2D eigenvalue weighted by molar-refractivity contribution is 0.149. The van der Waals surface area contributed by atoms with Gasteiger partial charge in [0.05, 0.1) is 23.9 Å². The molecule has 1 saturated heterocycles. The summed E-state index contributed by atoms with van der Waals surface area (Å²) in [5.74, 6) is 0.964. The Kier molecular flexibility index (Phi) is 4.53. The van der Waals surface area contributed by atoms with Crippen LogP contribution in [-0.2, 0) is 6.54 Å². The van der Waals surface area contributed by atoms with Crippen LogP contribution in [-0.4, -0.2) is 36.6 Å². The van der Waals surface area contributed by atoms with Gasteiger partial charge in [0.15, 0.2) is 0 Å². The predicted molar refractivity (Wildman–Crippen MR) is 85.9 cm³/mol. The lowest BCUT2D eigenvalue weighted by Gasteiger charge is -2.36. The molecule has 4 nitrogen and oxygen atoms in total. The van der Waals surface area contributed by atoms with Crippen molar-refractivity contribution in [2.24, 2.45) is 0 Å². The zero-order valence-corrected chi connectivity index (χ0v) is 13.3. The van der Waals surface area contributed by atoms with Crippen molar-refractivity contribution in [2.75, 3.05) is 26.7 Å². The number of hydrogen-bond acceptors (Lipinski definition) is 5. The third-order valence-electron chi connectivity index (χ3n) is 3.88. The number of nitrogens with one attached hydrogen (secondary N) is 1. The van der Waals surface area contributed by atoms with Crippen LogP contribution in [0.3, 0.4) is 0 Å². The van der Waals surface area contributed by atoms with Crippen LogP contribution in [0.5, 0.6) is 5.75 Å². The normalized spacial score (nSPS) is 19.6. The summed E-state index contributed by atoms with van der Waals surface area (Å²) >= 11 is 1.72. The van der Waals surface area contributed by atoms with E-state index in [1.54, 1.807) is 18.4 Å². The van der Waals surface area contributed by atoms with Crippen LogP contribution in [0.4, 0.5) is 0 Å². The first-order valence-corrected chi connectivity index (χ1v) is 8.14. The number of benzene rings is 1. The molecular weight excluding hydrogens is 282 g/mol. The Morgan fingerprint density at radius 3 is 3.05 bits per heavy atom. The first kappa shape index (κ1) is 14.5. The van der Waals surface area contributed by atoms with E-state index in [9.17, 15) is 0 Å². The molecule has 0 bridgehead atoms. The van der Waals surface area contributed by atoms with E-state index < -0.39 is 0 Å². The smallest absolute Gasteiger partial charge is 0.123 e. The largest absolute Gasteiger partial charge is 0.496 e. The van der Waals surface area contributed by atoms with E-state index >= 15 is 0 Å². The van der Waals surface area contributed by atoms with Crippen molar-refractivity contribution in [2.45, 2.75) is 19.5 Å². The van der Waals surface area contributed by atoms with Gasteiger partial charge in [0.1, 0.15) is 5.75 Å². The summed E-state index contributed by atoms with van der Waals surface area (Å²) in [5.41, 5.74) is 2.42. The highest BCUT2D eigenvalue weighted by Gasteiger charge is 2.26. The number of para-hydroxylation sites is 1. The average Bonchev–Trinajstić information content (AvgIpc) is 2.93. The van der Waals surface area contributed by atoms with Gasteiger partial charge >= 0.3 is 0 Å². The minimum atomic E-state index is 0.330. The molecule has 2 aromatic rings. The second-order valence-electron chi connectivity index (χ2n) is 5.29. The molecular formula is C16H21N3OS. The Labute approximate surface area is 129 Å². The minimum Gasteiger partial charge on any atom is -0.496 e. The Balaban J connectivity index is 1.84. The van der Waals surface area contributed by atoms with Crippen LogP contribution < -0.4 is 10.1 Å². The maximum atomic E-state index is 5.53. The number of hydrogen-bond donors (Lipinski definition) is 1. The quantitative estimate of drug-likeness (QED) is 0.942. The fraction of sp³-hybridized carbons (Fsp3) is 0.438. The molecule has 0 radical (unpaired) electrons. The maximum absolute atomic E-state index is 5.53. The summed E-state index contributed by atoms with van der Waals surface area (Å²) in [7, 11) is 1.74. The third kappa shape index (κ3) is 3.26. The fourth-order valence-electron chi connectivity index (χ4n) is 2.87. The lowest BCUT2D eigenvalue weighted by atomic mass is 10.0. The number of piperazine rings is 1. The van der Waals surface area contributed by atoms with Gasteiger partial charge in [-0.25, -0.2) is 4.98 Å². The standard InChI is InChI=1S/C16H21N3OS/c1-12-18-13(11-21-12)10-19-8-7-17-9-15(19)14-5-3-4-6-16(14)20-2/h3-6,11,15,17H,7-10H2,1-2H3/t15-/m1/s1. The SMILES string of the molecule is COc1ccccc1[C@H]1CNCCN1Cc1csc(C)n1. The summed E-state index contributed by atoms with van der Waals surface area (Å²) in [5, 5.41) is 6.79. The van der Waals surface area contributed by atoms with Crippen LogP contribution >= 0.6 is 11.3 Å². The molecule has 1 aromatic heterocycles. The summed E-state index contributed by atoms with van der Waals surface area (Å²) in [4.78, 5) is 7.09. The van der Waals surface area contributed by atoms with Gasteiger partial charge in [-0.3, -0.25) is 4.90 Å². The van der Waals surface area contributed by atoms with Crippen molar-refractivity contribution < 1.29 is 4.74 Å². The fourth-order valence-corrected chi connectivity index (χ4v) is 3.48. The molecule has 2 heterocycles. The van der Waals surface area contributed by atoms with Crippen molar-refractivity contribution in [3.8, 4) is 5.75 Å². The molecule has 1 N–H and O–H groups in total. The molecule has 1 aromatic carbocycles. The molecule has 1 fully saturated rings. The highest BCUT2D eigenvalue weighted by molar-refractivity contribution is 7.09. The molecule has 21 heavy (non-hydrogen) atoms. The van der Waals surface area contributed by atoms with Gasteiger partial charge in [0.25, 0.3) is 0 Å². The molecule has 0 aliphatic carbocycles.